The normalized spacial score (nSPS) is 17.9. The smallest absolute Gasteiger partial charge is 0.333 e. The maximum absolute atomic E-state index is 14.4. The van der Waals surface area contributed by atoms with Gasteiger partial charge in [-0.25, -0.2) is 9.80 Å². The standard InChI is InChI=1S/C37H31I2N5O4/c1-2-15-42(37(47)40-20-25-10-12-30(38)31(39)18-25)43-23-35(45)44-32(19-24-11-13-33-27(17-24)14-16-48-33)36(46)41(22-34(43)44)21-28-8-5-7-26-6-3-4-9-29(26)28/h1,3-14,16-18,32,34H,15,19-23H2,(H,40,47)/t32-,34+/m0/s1. The van der Waals surface area contributed by atoms with Crippen LogP contribution in [-0.4, -0.2) is 69.5 Å². The Kier molecular flexibility index (Phi) is 9.30. The lowest BCUT2D eigenvalue weighted by Crippen LogP contribution is -2.66. The largest absolute Gasteiger partial charge is 0.464 e. The molecular weight excluding hydrogens is 832 g/mol. The lowest BCUT2D eigenvalue weighted by Gasteiger charge is -2.46. The molecule has 0 unspecified atom stereocenters. The van der Waals surface area contributed by atoms with Crippen LogP contribution in [0.5, 0.6) is 0 Å². The van der Waals surface area contributed by atoms with Crippen molar-refractivity contribution in [1.29, 1.82) is 0 Å². The molecule has 3 heterocycles. The Morgan fingerprint density at radius 1 is 0.958 bits per heavy atom. The van der Waals surface area contributed by atoms with E-state index >= 15 is 0 Å². The van der Waals surface area contributed by atoms with E-state index in [0.717, 1.165) is 45.6 Å². The number of hydrazine groups is 1. The number of hydrogen-bond acceptors (Lipinski definition) is 5. The fourth-order valence-corrected chi connectivity index (χ4v) is 7.59. The van der Waals surface area contributed by atoms with Gasteiger partial charge in [-0.05, 0) is 103 Å². The number of terminal acetylenes is 1. The number of piperazine rings is 1. The molecule has 2 aliphatic heterocycles. The van der Waals surface area contributed by atoms with Crippen molar-refractivity contribution in [2.24, 2.45) is 0 Å². The van der Waals surface area contributed by atoms with Gasteiger partial charge in [0.05, 0.1) is 25.9 Å². The van der Waals surface area contributed by atoms with Crippen molar-refractivity contribution >= 4 is 84.8 Å². The van der Waals surface area contributed by atoms with Crippen LogP contribution in [0.4, 0.5) is 4.79 Å². The van der Waals surface area contributed by atoms with Crippen LogP contribution in [-0.2, 0) is 29.1 Å². The Balaban J connectivity index is 1.20. The number of carbonyl (C=O) groups excluding carboxylic acids is 3. The first-order valence-electron chi connectivity index (χ1n) is 15.5. The van der Waals surface area contributed by atoms with Gasteiger partial charge < -0.3 is 19.5 Å². The molecule has 7 rings (SSSR count). The molecule has 2 aliphatic rings. The molecule has 2 saturated heterocycles. The zero-order valence-corrected chi connectivity index (χ0v) is 30.1. The summed E-state index contributed by atoms with van der Waals surface area (Å²) in [4.78, 5) is 45.4. The second-order valence-corrected chi connectivity index (χ2v) is 14.2. The predicted molar refractivity (Wildman–Crippen MR) is 200 cm³/mol. The van der Waals surface area contributed by atoms with Crippen molar-refractivity contribution in [3.05, 3.63) is 115 Å². The summed E-state index contributed by atoms with van der Waals surface area (Å²) in [6.07, 6.45) is 7.14. The monoisotopic (exact) mass is 863 g/mol. The average molecular weight is 863 g/mol. The second-order valence-electron chi connectivity index (χ2n) is 11.9. The molecule has 48 heavy (non-hydrogen) atoms. The molecule has 0 aliphatic carbocycles. The van der Waals surface area contributed by atoms with E-state index in [9.17, 15) is 14.4 Å². The van der Waals surface area contributed by atoms with Gasteiger partial charge in [-0.2, -0.15) is 5.01 Å². The zero-order chi connectivity index (χ0) is 33.4. The van der Waals surface area contributed by atoms with E-state index in [0.29, 0.717) is 19.5 Å². The van der Waals surface area contributed by atoms with E-state index in [4.69, 9.17) is 10.8 Å². The van der Waals surface area contributed by atoms with Gasteiger partial charge in [0.2, 0.25) is 11.8 Å². The number of nitrogens with one attached hydrogen (secondary N) is 1. The molecule has 11 heteroatoms. The highest BCUT2D eigenvalue weighted by Gasteiger charge is 2.52. The highest BCUT2D eigenvalue weighted by Crippen LogP contribution is 2.32. The molecule has 1 N–H and O–H groups in total. The van der Waals surface area contributed by atoms with Crippen LogP contribution in [0.3, 0.4) is 0 Å². The first-order chi connectivity index (χ1) is 23.3. The van der Waals surface area contributed by atoms with E-state index in [-0.39, 0.29) is 31.4 Å². The van der Waals surface area contributed by atoms with Crippen molar-refractivity contribution in [2.45, 2.75) is 31.7 Å². The van der Waals surface area contributed by atoms with E-state index in [1.165, 1.54) is 5.01 Å². The van der Waals surface area contributed by atoms with Gasteiger partial charge in [-0.15, -0.1) is 6.42 Å². The molecule has 4 amide bonds. The number of fused-ring (bicyclic) bond motifs is 3. The van der Waals surface area contributed by atoms with Crippen LogP contribution < -0.4 is 5.32 Å². The third-order valence-electron chi connectivity index (χ3n) is 8.97. The number of rotatable bonds is 8. The molecule has 2 fully saturated rings. The average Bonchev–Trinajstić information content (AvgIpc) is 3.69. The maximum Gasteiger partial charge on any atom is 0.333 e. The van der Waals surface area contributed by atoms with Gasteiger partial charge in [0, 0.05) is 32.0 Å². The van der Waals surface area contributed by atoms with Gasteiger partial charge in [-0.1, -0.05) is 60.5 Å². The predicted octanol–water partition coefficient (Wildman–Crippen LogP) is 5.98. The summed E-state index contributed by atoms with van der Waals surface area (Å²) in [7, 11) is 0. The molecule has 5 aromatic rings. The van der Waals surface area contributed by atoms with Gasteiger partial charge >= 0.3 is 6.03 Å². The Labute approximate surface area is 305 Å². The highest BCUT2D eigenvalue weighted by molar-refractivity contribution is 14.1. The lowest BCUT2D eigenvalue weighted by atomic mass is 9.98. The fourth-order valence-electron chi connectivity index (χ4n) is 6.68. The van der Waals surface area contributed by atoms with E-state index in [1.807, 2.05) is 71.6 Å². The van der Waals surface area contributed by atoms with Crippen molar-refractivity contribution in [3.8, 4) is 12.3 Å². The molecule has 1 aromatic heterocycles. The van der Waals surface area contributed by atoms with Crippen LogP contribution in [0.2, 0.25) is 0 Å². The van der Waals surface area contributed by atoms with Crippen LogP contribution >= 0.6 is 45.2 Å². The van der Waals surface area contributed by atoms with Gasteiger partial charge in [0.15, 0.2) is 0 Å². The number of benzene rings is 4. The molecule has 4 aromatic carbocycles. The summed E-state index contributed by atoms with van der Waals surface area (Å²) in [5.74, 6) is 2.23. The van der Waals surface area contributed by atoms with Gasteiger partial charge in [0.25, 0.3) is 0 Å². The maximum atomic E-state index is 14.4. The van der Waals surface area contributed by atoms with E-state index < -0.39 is 18.2 Å². The summed E-state index contributed by atoms with van der Waals surface area (Å²) >= 11 is 4.54. The van der Waals surface area contributed by atoms with Gasteiger partial charge in [-0.3, -0.25) is 9.59 Å². The Bertz CT molecular complexity index is 2090. The number of hydrogen-bond donors (Lipinski definition) is 1. The number of amides is 4. The summed E-state index contributed by atoms with van der Waals surface area (Å²) in [5.41, 5.74) is 3.62. The van der Waals surface area contributed by atoms with E-state index in [2.05, 4.69) is 74.6 Å². The highest BCUT2D eigenvalue weighted by atomic mass is 127. The first-order valence-corrected chi connectivity index (χ1v) is 17.7. The SMILES string of the molecule is C#CCN(C(=O)NCc1ccc(I)c(I)c1)N1CC(=O)N2[C@@H](Cc3ccc4occc4c3)C(=O)N(Cc3cccc4ccccc34)C[C@@H]21. The van der Waals surface area contributed by atoms with Crippen molar-refractivity contribution < 1.29 is 18.8 Å². The molecule has 0 spiro atoms. The molecule has 242 valence electrons. The number of carbonyl (C=O) groups is 3. The van der Waals surface area contributed by atoms with Crippen molar-refractivity contribution in [3.63, 3.8) is 0 Å². The second kappa shape index (κ2) is 13.8. The summed E-state index contributed by atoms with van der Waals surface area (Å²) < 4.78 is 7.75. The Hall–Kier alpha value is -4.13. The lowest BCUT2D eigenvalue weighted by molar-refractivity contribution is -0.157. The number of urea groups is 1. The number of halogens is 2. The molecule has 0 saturated carbocycles. The first kappa shape index (κ1) is 32.4. The third-order valence-corrected chi connectivity index (χ3v) is 11.8. The Morgan fingerprint density at radius 2 is 1.77 bits per heavy atom. The molecule has 0 bridgehead atoms. The quantitative estimate of drug-likeness (QED) is 0.153. The minimum Gasteiger partial charge on any atom is -0.464 e. The van der Waals surface area contributed by atoms with Crippen LogP contribution in [0, 0.1) is 19.5 Å². The molecule has 0 radical (unpaired) electrons. The number of furan rings is 1. The minimum atomic E-state index is -0.773. The summed E-state index contributed by atoms with van der Waals surface area (Å²) in [5, 5.41) is 9.22. The number of nitrogens with zero attached hydrogens (tertiary/aromatic N) is 4. The summed E-state index contributed by atoms with van der Waals surface area (Å²) in [6.45, 7) is 0.764. The van der Waals surface area contributed by atoms with Crippen LogP contribution in [0.1, 0.15) is 16.7 Å². The summed E-state index contributed by atoms with van der Waals surface area (Å²) in [6, 6.07) is 26.7. The molecular formula is C37H31I2N5O4. The van der Waals surface area contributed by atoms with Crippen molar-refractivity contribution in [1.82, 2.24) is 25.1 Å². The zero-order valence-electron chi connectivity index (χ0n) is 25.8. The molecule has 9 nitrogen and oxygen atoms in total. The minimum absolute atomic E-state index is 0.0350. The Morgan fingerprint density at radius 3 is 2.60 bits per heavy atom. The van der Waals surface area contributed by atoms with Gasteiger partial charge in [0.1, 0.15) is 17.8 Å². The topological polar surface area (TPSA) is 89.3 Å². The van der Waals surface area contributed by atoms with E-state index in [1.54, 1.807) is 16.2 Å². The van der Waals surface area contributed by atoms with Crippen molar-refractivity contribution in [2.75, 3.05) is 19.6 Å². The fraction of sp³-hybridized carbons (Fsp3) is 0.216. The van der Waals surface area contributed by atoms with Crippen LogP contribution in [0.25, 0.3) is 21.7 Å². The third kappa shape index (κ3) is 6.36. The molecule has 2 atom stereocenters. The van der Waals surface area contributed by atoms with Crippen LogP contribution in [0.15, 0.2) is 95.6 Å².